The molecule has 120 valence electrons. The van der Waals surface area contributed by atoms with E-state index in [1.54, 1.807) is 0 Å². The Kier molecular flexibility index (Phi) is 3.93. The van der Waals surface area contributed by atoms with Gasteiger partial charge in [0.2, 0.25) is 0 Å². The second-order valence-electron chi connectivity index (χ2n) is 6.22. The molecule has 0 bridgehead atoms. The number of aliphatic hydroxyl groups is 1. The zero-order valence-corrected chi connectivity index (χ0v) is 13.4. The molecule has 0 saturated carbocycles. The Morgan fingerprint density at radius 2 is 1.04 bits per heavy atom. The van der Waals surface area contributed by atoms with Crippen LogP contribution in [0.15, 0.2) is 91.0 Å². The van der Waals surface area contributed by atoms with E-state index in [0.29, 0.717) is 6.61 Å². The van der Waals surface area contributed by atoms with Crippen molar-refractivity contribution < 1.29 is 9.84 Å². The van der Waals surface area contributed by atoms with Crippen molar-refractivity contribution >= 4 is 0 Å². The van der Waals surface area contributed by atoms with Crippen molar-refractivity contribution in [3.05, 3.63) is 108 Å². The number of benzene rings is 3. The minimum absolute atomic E-state index is 0.134. The van der Waals surface area contributed by atoms with Crippen LogP contribution in [-0.4, -0.2) is 23.9 Å². The van der Waals surface area contributed by atoms with E-state index in [9.17, 15) is 5.11 Å². The summed E-state index contributed by atoms with van der Waals surface area (Å²) in [5.74, 6) is 0. The molecule has 24 heavy (non-hydrogen) atoms. The lowest BCUT2D eigenvalue weighted by Gasteiger charge is -2.39. The Bertz CT molecular complexity index is 683. The highest BCUT2D eigenvalue weighted by Crippen LogP contribution is 2.45. The highest BCUT2D eigenvalue weighted by atomic mass is 16.6. The summed E-state index contributed by atoms with van der Waals surface area (Å²) in [6.07, 6.45) is -0.782. The first-order valence-corrected chi connectivity index (χ1v) is 8.29. The van der Waals surface area contributed by atoms with Gasteiger partial charge >= 0.3 is 0 Å². The molecule has 0 spiro atoms. The summed E-state index contributed by atoms with van der Waals surface area (Å²) in [5.41, 5.74) is 2.58. The van der Waals surface area contributed by atoms with E-state index in [1.165, 1.54) is 0 Å². The molecule has 2 nitrogen and oxygen atoms in total. The average molecular weight is 316 g/mol. The zero-order valence-electron chi connectivity index (χ0n) is 13.4. The molecule has 0 amide bonds. The first-order chi connectivity index (χ1) is 11.8. The van der Waals surface area contributed by atoms with Crippen molar-refractivity contribution in [1.82, 2.24) is 0 Å². The van der Waals surface area contributed by atoms with E-state index in [2.05, 4.69) is 36.4 Å². The Morgan fingerprint density at radius 3 is 1.33 bits per heavy atom. The van der Waals surface area contributed by atoms with Crippen molar-refractivity contribution in [2.45, 2.75) is 17.6 Å². The number of epoxide rings is 1. The third kappa shape index (κ3) is 2.44. The van der Waals surface area contributed by atoms with Gasteiger partial charge in [-0.25, -0.2) is 0 Å². The molecule has 0 aliphatic carbocycles. The molecule has 2 atom stereocenters. The molecule has 1 fully saturated rings. The molecular weight excluding hydrogens is 296 g/mol. The second kappa shape index (κ2) is 6.23. The first-order valence-electron chi connectivity index (χ1n) is 8.29. The SMILES string of the molecule is OC(C1CO1)C(c1ccccc1)(c1ccccc1)c1ccccc1. The summed E-state index contributed by atoms with van der Waals surface area (Å²) in [6.45, 7) is 0.607. The van der Waals surface area contributed by atoms with Crippen LogP contribution < -0.4 is 0 Å². The zero-order chi connectivity index (χ0) is 16.4. The number of ether oxygens (including phenoxy) is 1. The van der Waals surface area contributed by atoms with Gasteiger partial charge < -0.3 is 9.84 Å². The van der Waals surface area contributed by atoms with Gasteiger partial charge in [0.25, 0.3) is 0 Å². The standard InChI is InChI=1S/C22H20O2/c23-21(20-16-24-20)22(17-10-4-1-5-11-17,18-12-6-2-7-13-18)19-14-8-3-9-15-19/h1-15,20-21,23H,16H2. The maximum atomic E-state index is 11.3. The maximum Gasteiger partial charge on any atom is 0.108 e. The van der Waals surface area contributed by atoms with Gasteiger partial charge in [0.05, 0.1) is 12.0 Å². The van der Waals surface area contributed by atoms with E-state index in [0.717, 1.165) is 16.7 Å². The van der Waals surface area contributed by atoms with Gasteiger partial charge in [-0.15, -0.1) is 0 Å². The summed E-state index contributed by atoms with van der Waals surface area (Å²) < 4.78 is 5.49. The normalized spacial score (nSPS) is 18.1. The van der Waals surface area contributed by atoms with Gasteiger partial charge in [-0.3, -0.25) is 0 Å². The molecule has 1 aliphatic heterocycles. The number of hydrogen-bond donors (Lipinski definition) is 1. The van der Waals surface area contributed by atoms with Crippen LogP contribution in [0.1, 0.15) is 16.7 Å². The Labute approximate surface area is 142 Å². The van der Waals surface area contributed by atoms with Crippen molar-refractivity contribution in [3.63, 3.8) is 0 Å². The summed E-state index contributed by atoms with van der Waals surface area (Å²) in [4.78, 5) is 0. The van der Waals surface area contributed by atoms with Crippen LogP contribution in [0.5, 0.6) is 0 Å². The second-order valence-corrected chi connectivity index (χ2v) is 6.22. The first kappa shape index (κ1) is 15.1. The van der Waals surface area contributed by atoms with Crippen molar-refractivity contribution in [2.24, 2.45) is 0 Å². The summed E-state index contributed by atoms with van der Waals surface area (Å²) in [7, 11) is 0. The maximum absolute atomic E-state index is 11.3. The van der Waals surface area contributed by atoms with E-state index in [-0.39, 0.29) is 6.10 Å². The third-order valence-corrected chi connectivity index (χ3v) is 4.84. The van der Waals surface area contributed by atoms with Gasteiger partial charge in [0.1, 0.15) is 12.2 Å². The minimum atomic E-state index is -0.648. The molecule has 2 unspecified atom stereocenters. The van der Waals surface area contributed by atoms with E-state index in [1.807, 2.05) is 54.6 Å². The lowest BCUT2D eigenvalue weighted by Crippen LogP contribution is -2.45. The van der Waals surface area contributed by atoms with Crippen molar-refractivity contribution in [1.29, 1.82) is 0 Å². The highest BCUT2D eigenvalue weighted by molar-refractivity contribution is 5.52. The molecule has 1 N–H and O–H groups in total. The fourth-order valence-electron chi connectivity index (χ4n) is 3.63. The van der Waals surface area contributed by atoms with Gasteiger partial charge in [-0.2, -0.15) is 0 Å². The lowest BCUT2D eigenvalue weighted by atomic mass is 9.65. The van der Waals surface area contributed by atoms with E-state index < -0.39 is 11.5 Å². The fraction of sp³-hybridized carbons (Fsp3) is 0.182. The van der Waals surface area contributed by atoms with Crippen LogP contribution in [0, 0.1) is 0 Å². The topological polar surface area (TPSA) is 32.8 Å². The largest absolute Gasteiger partial charge is 0.389 e. The lowest BCUT2D eigenvalue weighted by molar-refractivity contribution is 0.0886. The summed E-state index contributed by atoms with van der Waals surface area (Å²) in [6, 6.07) is 30.7. The molecule has 2 heteroatoms. The minimum Gasteiger partial charge on any atom is -0.389 e. The Hall–Kier alpha value is -2.42. The number of hydrogen-bond acceptors (Lipinski definition) is 2. The van der Waals surface area contributed by atoms with Crippen LogP contribution >= 0.6 is 0 Å². The van der Waals surface area contributed by atoms with Gasteiger partial charge in [-0.1, -0.05) is 91.0 Å². The van der Waals surface area contributed by atoms with Crippen molar-refractivity contribution in [3.8, 4) is 0 Å². The highest BCUT2D eigenvalue weighted by Gasteiger charge is 2.50. The molecule has 1 heterocycles. The van der Waals surface area contributed by atoms with Crippen LogP contribution in [-0.2, 0) is 10.2 Å². The number of rotatable bonds is 5. The molecule has 3 aromatic rings. The van der Waals surface area contributed by atoms with Gasteiger partial charge in [0.15, 0.2) is 0 Å². The quantitative estimate of drug-likeness (QED) is 0.574. The van der Waals surface area contributed by atoms with Gasteiger partial charge in [0, 0.05) is 0 Å². The smallest absolute Gasteiger partial charge is 0.108 e. The monoisotopic (exact) mass is 316 g/mol. The summed E-state index contributed by atoms with van der Waals surface area (Å²) in [5, 5.41) is 11.3. The Balaban J connectivity index is 2.03. The average Bonchev–Trinajstić information content (AvgIpc) is 3.50. The molecule has 1 aliphatic rings. The van der Waals surface area contributed by atoms with Crippen molar-refractivity contribution in [2.75, 3.05) is 6.61 Å². The predicted molar refractivity (Wildman–Crippen MR) is 95.0 cm³/mol. The van der Waals surface area contributed by atoms with Gasteiger partial charge in [-0.05, 0) is 16.7 Å². The van der Waals surface area contributed by atoms with Crippen LogP contribution in [0.3, 0.4) is 0 Å². The fourth-order valence-corrected chi connectivity index (χ4v) is 3.63. The number of aliphatic hydroxyl groups excluding tert-OH is 1. The van der Waals surface area contributed by atoms with E-state index >= 15 is 0 Å². The molecule has 4 rings (SSSR count). The molecule has 0 aromatic heterocycles. The molecule has 3 aromatic carbocycles. The van der Waals surface area contributed by atoms with E-state index in [4.69, 9.17) is 4.74 Å². The molecule has 1 saturated heterocycles. The van der Waals surface area contributed by atoms with Crippen LogP contribution in [0.4, 0.5) is 0 Å². The molecular formula is C22H20O2. The summed E-state index contributed by atoms with van der Waals surface area (Å²) >= 11 is 0. The van der Waals surface area contributed by atoms with Crippen LogP contribution in [0.2, 0.25) is 0 Å². The Morgan fingerprint density at radius 1 is 0.708 bits per heavy atom. The predicted octanol–water partition coefficient (Wildman–Crippen LogP) is 3.78. The third-order valence-electron chi connectivity index (χ3n) is 4.84. The van der Waals surface area contributed by atoms with Crippen LogP contribution in [0.25, 0.3) is 0 Å². The molecule has 0 radical (unpaired) electrons.